The number of allylic oxidation sites excluding steroid dienone is 4. The number of hydrogen-bond acceptors (Lipinski definition) is 1. The van der Waals surface area contributed by atoms with Gasteiger partial charge in [0.2, 0.25) is 0 Å². The van der Waals surface area contributed by atoms with E-state index in [4.69, 9.17) is 0 Å². The molecule has 0 aromatic heterocycles. The lowest BCUT2D eigenvalue weighted by molar-refractivity contribution is -0.125. The van der Waals surface area contributed by atoms with Gasteiger partial charge >= 0.3 is 0 Å². The third-order valence-electron chi connectivity index (χ3n) is 6.56. The average Bonchev–Trinajstić information content (AvgIpc) is 2.79. The molecule has 102 valence electrons. The summed E-state index contributed by atoms with van der Waals surface area (Å²) in [7, 11) is 0. The molecule has 0 aromatic carbocycles. The molecule has 3 fully saturated rings. The highest BCUT2D eigenvalue weighted by molar-refractivity contribution is 5.79. The molecule has 0 spiro atoms. The minimum atomic E-state index is 0.374. The number of carbonyl (C=O) groups excluding carboxylic acids is 1. The van der Waals surface area contributed by atoms with Crippen LogP contribution in [0.3, 0.4) is 0 Å². The zero-order chi connectivity index (χ0) is 13.0. The monoisotopic (exact) mass is 256 g/mol. The Morgan fingerprint density at radius 1 is 1.16 bits per heavy atom. The Morgan fingerprint density at radius 3 is 2.95 bits per heavy atom. The fourth-order valence-electron chi connectivity index (χ4n) is 5.59. The summed E-state index contributed by atoms with van der Waals surface area (Å²) < 4.78 is 0. The molecule has 1 unspecified atom stereocenters. The lowest BCUT2D eigenvalue weighted by atomic mass is 9.53. The van der Waals surface area contributed by atoms with E-state index in [0.717, 1.165) is 36.5 Å². The molecule has 0 amide bonds. The van der Waals surface area contributed by atoms with Gasteiger partial charge in [-0.2, -0.15) is 0 Å². The standard InChI is InChI=1S/C18H24O/c1-18-9-2-3-17(18)16-6-4-12-11-13(19)5-7-14(12)15(16)8-10-18/h2-3,9,12,14-16H,4-8,10-11H2,1H3/t12?,14-,15+,16+,18-/m0/s1. The molecule has 0 heterocycles. The summed E-state index contributed by atoms with van der Waals surface area (Å²) in [6.45, 7) is 2.43. The van der Waals surface area contributed by atoms with Crippen LogP contribution in [-0.4, -0.2) is 5.78 Å². The summed E-state index contributed by atoms with van der Waals surface area (Å²) in [4.78, 5) is 11.7. The number of ketones is 1. The minimum absolute atomic E-state index is 0.374. The molecule has 4 rings (SSSR count). The maximum atomic E-state index is 11.7. The molecule has 0 bridgehead atoms. The van der Waals surface area contributed by atoms with Crippen molar-refractivity contribution < 1.29 is 4.79 Å². The zero-order valence-electron chi connectivity index (χ0n) is 11.9. The quantitative estimate of drug-likeness (QED) is 0.631. The van der Waals surface area contributed by atoms with Gasteiger partial charge in [-0.25, -0.2) is 0 Å². The number of hydrogen-bond donors (Lipinski definition) is 0. The lowest BCUT2D eigenvalue weighted by Gasteiger charge is -2.52. The van der Waals surface area contributed by atoms with E-state index in [1.807, 2.05) is 0 Å². The highest BCUT2D eigenvalue weighted by Gasteiger charge is 2.49. The van der Waals surface area contributed by atoms with E-state index in [1.165, 1.54) is 32.1 Å². The molecule has 0 aromatic rings. The molecular weight excluding hydrogens is 232 g/mol. The first-order valence-electron chi connectivity index (χ1n) is 8.09. The second-order valence-electron chi connectivity index (χ2n) is 7.49. The van der Waals surface area contributed by atoms with Gasteiger partial charge in [0, 0.05) is 18.3 Å². The fourth-order valence-corrected chi connectivity index (χ4v) is 5.59. The van der Waals surface area contributed by atoms with Crippen LogP contribution in [0.25, 0.3) is 0 Å². The Balaban J connectivity index is 1.62. The number of Topliss-reactive ketones (excluding diaryl/α,β-unsaturated/α-hetero) is 1. The third kappa shape index (κ3) is 1.70. The SMILES string of the molecule is C[C@@]12C=CC=C1[C@@H]1CCC3CC(=O)CC[C@@H]3[C@H]1CC2. The van der Waals surface area contributed by atoms with Crippen molar-refractivity contribution in [3.05, 3.63) is 23.8 Å². The van der Waals surface area contributed by atoms with Gasteiger partial charge in [0.05, 0.1) is 0 Å². The molecule has 4 aliphatic rings. The number of carbonyl (C=O) groups is 1. The molecular formula is C18H24O. The van der Waals surface area contributed by atoms with Crippen LogP contribution in [-0.2, 0) is 4.79 Å². The van der Waals surface area contributed by atoms with Gasteiger partial charge in [0.15, 0.2) is 0 Å². The van der Waals surface area contributed by atoms with Gasteiger partial charge in [-0.3, -0.25) is 4.79 Å². The summed E-state index contributed by atoms with van der Waals surface area (Å²) in [6.07, 6.45) is 15.4. The van der Waals surface area contributed by atoms with Crippen LogP contribution in [0.1, 0.15) is 51.9 Å². The minimum Gasteiger partial charge on any atom is -0.300 e. The molecule has 1 nitrogen and oxygen atoms in total. The summed E-state index contributed by atoms with van der Waals surface area (Å²) in [5.74, 6) is 3.81. The van der Waals surface area contributed by atoms with Gasteiger partial charge in [-0.05, 0) is 55.8 Å². The van der Waals surface area contributed by atoms with Crippen molar-refractivity contribution >= 4 is 5.78 Å². The molecule has 5 atom stereocenters. The summed E-state index contributed by atoms with van der Waals surface area (Å²) in [5, 5.41) is 0. The van der Waals surface area contributed by atoms with Crippen molar-refractivity contribution in [3.63, 3.8) is 0 Å². The van der Waals surface area contributed by atoms with E-state index in [-0.39, 0.29) is 0 Å². The molecule has 0 saturated heterocycles. The van der Waals surface area contributed by atoms with Gasteiger partial charge < -0.3 is 0 Å². The second-order valence-corrected chi connectivity index (χ2v) is 7.49. The summed E-state index contributed by atoms with van der Waals surface area (Å²) in [5.41, 5.74) is 2.09. The van der Waals surface area contributed by atoms with Crippen LogP contribution in [0.5, 0.6) is 0 Å². The number of rotatable bonds is 0. The van der Waals surface area contributed by atoms with Gasteiger partial charge in [0.1, 0.15) is 5.78 Å². The van der Waals surface area contributed by atoms with Crippen molar-refractivity contribution in [2.75, 3.05) is 0 Å². The second kappa shape index (κ2) is 4.07. The fraction of sp³-hybridized carbons (Fsp3) is 0.722. The van der Waals surface area contributed by atoms with Crippen LogP contribution in [0.15, 0.2) is 23.8 Å². The smallest absolute Gasteiger partial charge is 0.133 e. The largest absolute Gasteiger partial charge is 0.300 e. The van der Waals surface area contributed by atoms with Crippen LogP contribution >= 0.6 is 0 Å². The van der Waals surface area contributed by atoms with Gasteiger partial charge in [0.25, 0.3) is 0 Å². The predicted octanol–water partition coefficient (Wildman–Crippen LogP) is 4.29. The van der Waals surface area contributed by atoms with E-state index in [0.29, 0.717) is 11.2 Å². The van der Waals surface area contributed by atoms with E-state index in [1.54, 1.807) is 5.57 Å². The van der Waals surface area contributed by atoms with Gasteiger partial charge in [-0.1, -0.05) is 30.7 Å². The number of fused-ring (bicyclic) bond motifs is 5. The first kappa shape index (κ1) is 11.9. The Labute approximate surface area is 116 Å². The first-order chi connectivity index (χ1) is 9.17. The molecule has 0 N–H and O–H groups in total. The Morgan fingerprint density at radius 2 is 2.05 bits per heavy atom. The molecule has 0 radical (unpaired) electrons. The van der Waals surface area contributed by atoms with Crippen molar-refractivity contribution in [1.82, 2.24) is 0 Å². The van der Waals surface area contributed by atoms with E-state index in [9.17, 15) is 4.79 Å². The highest BCUT2D eigenvalue weighted by Crippen LogP contribution is 2.58. The Hall–Kier alpha value is -0.850. The maximum Gasteiger partial charge on any atom is 0.133 e. The van der Waals surface area contributed by atoms with Crippen LogP contribution < -0.4 is 0 Å². The van der Waals surface area contributed by atoms with Crippen molar-refractivity contribution in [2.24, 2.45) is 29.1 Å². The molecule has 3 saturated carbocycles. The third-order valence-corrected chi connectivity index (χ3v) is 6.56. The molecule has 19 heavy (non-hydrogen) atoms. The van der Waals surface area contributed by atoms with Gasteiger partial charge in [-0.15, -0.1) is 0 Å². The van der Waals surface area contributed by atoms with Crippen molar-refractivity contribution in [1.29, 1.82) is 0 Å². The Bertz CT molecular complexity index is 472. The average molecular weight is 256 g/mol. The van der Waals surface area contributed by atoms with Crippen molar-refractivity contribution in [3.8, 4) is 0 Å². The lowest BCUT2D eigenvalue weighted by Crippen LogP contribution is -2.44. The van der Waals surface area contributed by atoms with E-state index < -0.39 is 0 Å². The van der Waals surface area contributed by atoms with Crippen LogP contribution in [0, 0.1) is 29.1 Å². The van der Waals surface area contributed by atoms with E-state index in [2.05, 4.69) is 25.2 Å². The van der Waals surface area contributed by atoms with Crippen LogP contribution in [0.4, 0.5) is 0 Å². The van der Waals surface area contributed by atoms with E-state index >= 15 is 0 Å². The normalized spacial score (nSPS) is 48.3. The Kier molecular flexibility index (Phi) is 2.56. The summed E-state index contributed by atoms with van der Waals surface area (Å²) >= 11 is 0. The first-order valence-corrected chi connectivity index (χ1v) is 8.09. The highest BCUT2D eigenvalue weighted by atomic mass is 16.1. The molecule has 4 aliphatic carbocycles. The van der Waals surface area contributed by atoms with Crippen LogP contribution in [0.2, 0.25) is 0 Å². The molecule has 1 heteroatoms. The predicted molar refractivity (Wildman–Crippen MR) is 76.6 cm³/mol. The summed E-state index contributed by atoms with van der Waals surface area (Å²) in [6, 6.07) is 0. The zero-order valence-corrected chi connectivity index (χ0v) is 11.9. The maximum absolute atomic E-state index is 11.7. The van der Waals surface area contributed by atoms with Crippen molar-refractivity contribution in [2.45, 2.75) is 51.9 Å². The molecule has 0 aliphatic heterocycles. The topological polar surface area (TPSA) is 17.1 Å².